The van der Waals surface area contributed by atoms with Gasteiger partial charge in [-0.2, -0.15) is 0 Å². The normalized spacial score (nSPS) is 24.1. The van der Waals surface area contributed by atoms with Crippen molar-refractivity contribution in [3.63, 3.8) is 0 Å². The second-order valence-electron chi connectivity index (χ2n) is 5.89. The third-order valence-electron chi connectivity index (χ3n) is 4.35. The van der Waals surface area contributed by atoms with E-state index < -0.39 is 0 Å². The van der Waals surface area contributed by atoms with Crippen LogP contribution in [0.4, 0.5) is 0 Å². The largest absolute Gasteiger partial charge is 0.316 e. The van der Waals surface area contributed by atoms with E-state index in [9.17, 15) is 0 Å². The average molecular weight is 260 g/mol. The second kappa shape index (κ2) is 8.31. The van der Waals surface area contributed by atoms with E-state index in [1.807, 2.05) is 12.3 Å². The molecule has 1 aromatic rings. The molecule has 2 rings (SSSR count). The fourth-order valence-corrected chi connectivity index (χ4v) is 3.25. The summed E-state index contributed by atoms with van der Waals surface area (Å²) < 4.78 is 0. The first-order valence-electron chi connectivity index (χ1n) is 8.00. The Morgan fingerprint density at radius 1 is 1.16 bits per heavy atom. The topological polar surface area (TPSA) is 24.9 Å². The van der Waals surface area contributed by atoms with Gasteiger partial charge < -0.3 is 5.32 Å². The SMILES string of the molecule is CCCNCC1CCCCCC1Cc1ccccn1. The first-order valence-corrected chi connectivity index (χ1v) is 8.00. The fraction of sp³-hybridized carbons (Fsp3) is 0.706. The summed E-state index contributed by atoms with van der Waals surface area (Å²) in [5.74, 6) is 1.66. The van der Waals surface area contributed by atoms with Crippen molar-refractivity contribution in [2.45, 2.75) is 51.9 Å². The van der Waals surface area contributed by atoms with E-state index in [4.69, 9.17) is 0 Å². The van der Waals surface area contributed by atoms with Gasteiger partial charge in [0.1, 0.15) is 0 Å². The molecule has 2 atom stereocenters. The van der Waals surface area contributed by atoms with Gasteiger partial charge in [0.25, 0.3) is 0 Å². The maximum absolute atomic E-state index is 4.51. The molecule has 2 unspecified atom stereocenters. The quantitative estimate of drug-likeness (QED) is 0.621. The molecular weight excluding hydrogens is 232 g/mol. The van der Waals surface area contributed by atoms with Gasteiger partial charge in [-0.3, -0.25) is 4.98 Å². The third kappa shape index (κ3) is 4.94. The predicted molar refractivity (Wildman–Crippen MR) is 81.2 cm³/mol. The average Bonchev–Trinajstić information content (AvgIpc) is 2.66. The van der Waals surface area contributed by atoms with Gasteiger partial charge in [0.2, 0.25) is 0 Å². The standard InChI is InChI=1S/C17H28N2/c1-2-11-18-14-16-9-5-3-4-8-15(16)13-17-10-6-7-12-19-17/h6-7,10,12,15-16,18H,2-5,8-9,11,13-14H2,1H3. The minimum atomic E-state index is 0.821. The number of nitrogens with one attached hydrogen (secondary N) is 1. The zero-order valence-corrected chi connectivity index (χ0v) is 12.3. The van der Waals surface area contributed by atoms with E-state index in [0.717, 1.165) is 18.4 Å². The van der Waals surface area contributed by atoms with Crippen molar-refractivity contribution >= 4 is 0 Å². The third-order valence-corrected chi connectivity index (χ3v) is 4.35. The van der Waals surface area contributed by atoms with Crippen LogP contribution in [0, 0.1) is 11.8 Å². The molecule has 0 spiro atoms. The summed E-state index contributed by atoms with van der Waals surface area (Å²) in [5.41, 5.74) is 1.27. The highest BCUT2D eigenvalue weighted by atomic mass is 14.9. The lowest BCUT2D eigenvalue weighted by Gasteiger charge is -2.25. The first kappa shape index (κ1) is 14.5. The monoisotopic (exact) mass is 260 g/mol. The first-order chi connectivity index (χ1) is 9.40. The summed E-state index contributed by atoms with van der Waals surface area (Å²) in [6.07, 6.45) is 11.3. The lowest BCUT2D eigenvalue weighted by atomic mass is 9.84. The highest BCUT2D eigenvalue weighted by Crippen LogP contribution is 2.30. The van der Waals surface area contributed by atoms with Gasteiger partial charge in [0, 0.05) is 11.9 Å². The summed E-state index contributed by atoms with van der Waals surface area (Å²) >= 11 is 0. The van der Waals surface area contributed by atoms with E-state index in [1.165, 1.54) is 57.2 Å². The summed E-state index contributed by atoms with van der Waals surface area (Å²) in [6.45, 7) is 4.60. The summed E-state index contributed by atoms with van der Waals surface area (Å²) in [7, 11) is 0. The van der Waals surface area contributed by atoms with Gasteiger partial charge in [-0.25, -0.2) is 0 Å². The Kier molecular flexibility index (Phi) is 6.35. The van der Waals surface area contributed by atoms with Crippen LogP contribution in [0.5, 0.6) is 0 Å². The van der Waals surface area contributed by atoms with E-state index in [-0.39, 0.29) is 0 Å². The van der Waals surface area contributed by atoms with Gasteiger partial charge in [0.05, 0.1) is 0 Å². The Morgan fingerprint density at radius 2 is 2.00 bits per heavy atom. The van der Waals surface area contributed by atoms with Crippen molar-refractivity contribution in [3.8, 4) is 0 Å². The number of hydrogen-bond donors (Lipinski definition) is 1. The van der Waals surface area contributed by atoms with Gasteiger partial charge in [0.15, 0.2) is 0 Å². The molecule has 0 saturated heterocycles. The number of hydrogen-bond acceptors (Lipinski definition) is 2. The maximum atomic E-state index is 4.51. The summed E-state index contributed by atoms with van der Waals surface area (Å²) in [6, 6.07) is 6.31. The van der Waals surface area contributed by atoms with Crippen molar-refractivity contribution in [2.24, 2.45) is 11.8 Å². The molecule has 1 saturated carbocycles. The minimum Gasteiger partial charge on any atom is -0.316 e. The Hall–Kier alpha value is -0.890. The molecule has 2 heteroatoms. The number of aromatic nitrogens is 1. The molecule has 0 aromatic carbocycles. The molecule has 1 fully saturated rings. The van der Waals surface area contributed by atoms with E-state index in [1.54, 1.807) is 0 Å². The van der Waals surface area contributed by atoms with Crippen LogP contribution in [0.2, 0.25) is 0 Å². The summed E-state index contributed by atoms with van der Waals surface area (Å²) in [5, 5.41) is 3.63. The van der Waals surface area contributed by atoms with Crippen molar-refractivity contribution in [3.05, 3.63) is 30.1 Å². The molecule has 1 aromatic heterocycles. The van der Waals surface area contributed by atoms with Crippen LogP contribution in [0.1, 0.15) is 51.1 Å². The van der Waals surface area contributed by atoms with Gasteiger partial charge in [-0.1, -0.05) is 32.3 Å². The highest BCUT2D eigenvalue weighted by molar-refractivity contribution is 5.05. The Labute approximate surface area is 118 Å². The van der Waals surface area contributed by atoms with Crippen molar-refractivity contribution in [1.82, 2.24) is 10.3 Å². The molecule has 0 radical (unpaired) electrons. The molecule has 1 aliphatic rings. The smallest absolute Gasteiger partial charge is 0.0406 e. The molecule has 19 heavy (non-hydrogen) atoms. The van der Waals surface area contributed by atoms with Crippen LogP contribution >= 0.6 is 0 Å². The molecule has 0 amide bonds. The Morgan fingerprint density at radius 3 is 2.74 bits per heavy atom. The lowest BCUT2D eigenvalue weighted by molar-refractivity contribution is 0.296. The van der Waals surface area contributed by atoms with Crippen LogP contribution in [0.25, 0.3) is 0 Å². The maximum Gasteiger partial charge on any atom is 0.0406 e. The Bertz CT molecular complexity index is 336. The minimum absolute atomic E-state index is 0.821. The van der Waals surface area contributed by atoms with Crippen LogP contribution in [0.15, 0.2) is 24.4 Å². The molecule has 1 N–H and O–H groups in total. The molecule has 1 aliphatic carbocycles. The number of pyridine rings is 1. The highest BCUT2D eigenvalue weighted by Gasteiger charge is 2.23. The number of rotatable bonds is 6. The molecule has 0 aliphatic heterocycles. The zero-order valence-electron chi connectivity index (χ0n) is 12.3. The molecule has 2 nitrogen and oxygen atoms in total. The van der Waals surface area contributed by atoms with Crippen LogP contribution in [-0.2, 0) is 6.42 Å². The van der Waals surface area contributed by atoms with Crippen molar-refractivity contribution < 1.29 is 0 Å². The van der Waals surface area contributed by atoms with Gasteiger partial charge in [-0.15, -0.1) is 0 Å². The van der Waals surface area contributed by atoms with Crippen LogP contribution < -0.4 is 5.32 Å². The second-order valence-corrected chi connectivity index (χ2v) is 5.89. The van der Waals surface area contributed by atoms with E-state index in [0.29, 0.717) is 0 Å². The molecule has 0 bridgehead atoms. The number of nitrogens with zero attached hydrogens (tertiary/aromatic N) is 1. The zero-order chi connectivity index (χ0) is 13.3. The summed E-state index contributed by atoms with van der Waals surface area (Å²) in [4.78, 5) is 4.51. The molecular formula is C17H28N2. The predicted octanol–water partition coefficient (Wildman–Crippen LogP) is 3.82. The van der Waals surface area contributed by atoms with Crippen molar-refractivity contribution in [2.75, 3.05) is 13.1 Å². The van der Waals surface area contributed by atoms with E-state index in [2.05, 4.69) is 29.4 Å². The molecule has 1 heterocycles. The fourth-order valence-electron chi connectivity index (χ4n) is 3.25. The van der Waals surface area contributed by atoms with Crippen LogP contribution in [-0.4, -0.2) is 18.1 Å². The Balaban J connectivity index is 1.92. The van der Waals surface area contributed by atoms with Crippen molar-refractivity contribution in [1.29, 1.82) is 0 Å². The molecule has 106 valence electrons. The van der Waals surface area contributed by atoms with Gasteiger partial charge in [-0.05, 0) is 62.7 Å². The van der Waals surface area contributed by atoms with Gasteiger partial charge >= 0.3 is 0 Å². The lowest BCUT2D eigenvalue weighted by Crippen LogP contribution is -2.29. The van der Waals surface area contributed by atoms with Crippen LogP contribution in [0.3, 0.4) is 0 Å². The van der Waals surface area contributed by atoms with E-state index >= 15 is 0 Å².